The first-order chi connectivity index (χ1) is 8.56. The topological polar surface area (TPSA) is 75.6 Å². The number of ether oxygens (including phenoxy) is 1. The smallest absolute Gasteiger partial charge is 0.303 e. The van der Waals surface area contributed by atoms with Crippen molar-refractivity contribution in [1.82, 2.24) is 0 Å². The number of thioether (sulfide) groups is 1. The van der Waals surface area contributed by atoms with Crippen LogP contribution in [0.25, 0.3) is 0 Å². The molecule has 1 aromatic carbocycles. The fraction of sp³-hybridized carbons (Fsp3) is 0.333. The van der Waals surface area contributed by atoms with Crippen LogP contribution in [0.5, 0.6) is 5.75 Å². The van der Waals surface area contributed by atoms with Crippen LogP contribution in [0, 0.1) is 0 Å². The van der Waals surface area contributed by atoms with Gasteiger partial charge in [-0.2, -0.15) is 0 Å². The summed E-state index contributed by atoms with van der Waals surface area (Å²) in [5.74, 6) is -0.770. The zero-order chi connectivity index (χ0) is 13.5. The lowest BCUT2D eigenvalue weighted by Crippen LogP contribution is -2.13. The van der Waals surface area contributed by atoms with Gasteiger partial charge in [-0.15, -0.1) is 11.8 Å². The number of nitrogens with one attached hydrogen (secondary N) is 1. The van der Waals surface area contributed by atoms with Gasteiger partial charge >= 0.3 is 5.97 Å². The van der Waals surface area contributed by atoms with Crippen LogP contribution in [0.2, 0.25) is 0 Å². The number of rotatable bonds is 6. The number of carbonyl (C=O) groups excluding carboxylic acids is 1. The second kappa shape index (κ2) is 6.90. The van der Waals surface area contributed by atoms with E-state index in [0.29, 0.717) is 11.4 Å². The molecule has 0 spiro atoms. The molecule has 0 aromatic heterocycles. The molecule has 0 heterocycles. The van der Waals surface area contributed by atoms with Crippen molar-refractivity contribution in [2.45, 2.75) is 17.7 Å². The number of carboxylic acid groups (broad SMARTS) is 1. The predicted octanol–water partition coefficient (Wildman–Crippen LogP) is 2.22. The summed E-state index contributed by atoms with van der Waals surface area (Å²) in [5.41, 5.74) is 0.547. The van der Waals surface area contributed by atoms with Gasteiger partial charge in [-0.3, -0.25) is 9.59 Å². The highest BCUT2D eigenvalue weighted by Crippen LogP contribution is 2.29. The summed E-state index contributed by atoms with van der Waals surface area (Å²) in [6.45, 7) is 0. The predicted molar refractivity (Wildman–Crippen MR) is 70.3 cm³/mol. The van der Waals surface area contributed by atoms with Crippen LogP contribution < -0.4 is 10.1 Å². The lowest BCUT2D eigenvalue weighted by atomic mass is 10.2. The molecule has 5 nitrogen and oxygen atoms in total. The fourth-order valence-electron chi connectivity index (χ4n) is 1.33. The number of aliphatic carboxylic acids is 1. The SMILES string of the molecule is COc1cc(SC)ccc1NC(=O)CCC(=O)O. The van der Waals surface area contributed by atoms with Crippen molar-refractivity contribution >= 4 is 29.3 Å². The van der Waals surface area contributed by atoms with E-state index in [0.717, 1.165) is 4.90 Å². The molecular formula is C12H15NO4S. The normalized spacial score (nSPS) is 9.89. The van der Waals surface area contributed by atoms with E-state index in [1.54, 1.807) is 17.8 Å². The van der Waals surface area contributed by atoms with Crippen molar-refractivity contribution in [3.8, 4) is 5.75 Å². The van der Waals surface area contributed by atoms with E-state index in [1.807, 2.05) is 18.4 Å². The standard InChI is InChI=1S/C12H15NO4S/c1-17-10-7-8(18-2)3-4-9(10)13-11(14)5-6-12(15)16/h3-4,7H,5-6H2,1-2H3,(H,13,14)(H,15,16). The van der Waals surface area contributed by atoms with Gasteiger partial charge in [-0.1, -0.05) is 0 Å². The Kier molecular flexibility index (Phi) is 5.51. The molecule has 1 aromatic rings. The van der Waals surface area contributed by atoms with E-state index in [9.17, 15) is 9.59 Å². The highest BCUT2D eigenvalue weighted by Gasteiger charge is 2.09. The lowest BCUT2D eigenvalue weighted by molar-refractivity contribution is -0.138. The molecule has 0 saturated carbocycles. The van der Waals surface area contributed by atoms with E-state index in [-0.39, 0.29) is 18.7 Å². The third kappa shape index (κ3) is 4.29. The number of hydrogen-bond acceptors (Lipinski definition) is 4. The van der Waals surface area contributed by atoms with Crippen LogP contribution in [0.1, 0.15) is 12.8 Å². The Morgan fingerprint density at radius 1 is 1.39 bits per heavy atom. The van der Waals surface area contributed by atoms with Crippen molar-refractivity contribution in [1.29, 1.82) is 0 Å². The number of amides is 1. The molecular weight excluding hydrogens is 254 g/mol. The van der Waals surface area contributed by atoms with Crippen molar-refractivity contribution in [2.24, 2.45) is 0 Å². The monoisotopic (exact) mass is 269 g/mol. The maximum Gasteiger partial charge on any atom is 0.303 e. The van der Waals surface area contributed by atoms with Gasteiger partial charge in [-0.05, 0) is 24.5 Å². The Hall–Kier alpha value is -1.69. The van der Waals surface area contributed by atoms with Crippen LogP contribution in [-0.4, -0.2) is 30.3 Å². The van der Waals surface area contributed by atoms with Gasteiger partial charge in [0.2, 0.25) is 5.91 Å². The van der Waals surface area contributed by atoms with Crippen LogP contribution in [0.4, 0.5) is 5.69 Å². The van der Waals surface area contributed by atoms with E-state index in [4.69, 9.17) is 9.84 Å². The average molecular weight is 269 g/mol. The molecule has 0 saturated heterocycles. The second-order valence-corrected chi connectivity index (χ2v) is 4.39. The van der Waals surface area contributed by atoms with Gasteiger partial charge in [0, 0.05) is 11.3 Å². The third-order valence-corrected chi connectivity index (χ3v) is 2.97. The van der Waals surface area contributed by atoms with Gasteiger partial charge in [0.1, 0.15) is 5.75 Å². The largest absolute Gasteiger partial charge is 0.495 e. The van der Waals surface area contributed by atoms with Gasteiger partial charge in [0.25, 0.3) is 0 Å². The Bertz CT molecular complexity index is 448. The zero-order valence-electron chi connectivity index (χ0n) is 10.2. The molecule has 0 radical (unpaired) electrons. The molecule has 0 bridgehead atoms. The summed E-state index contributed by atoms with van der Waals surface area (Å²) < 4.78 is 5.17. The molecule has 0 fully saturated rings. The molecule has 0 atom stereocenters. The number of methoxy groups -OCH3 is 1. The first-order valence-electron chi connectivity index (χ1n) is 5.30. The Labute approximate surface area is 110 Å². The maximum atomic E-state index is 11.5. The average Bonchev–Trinajstić information content (AvgIpc) is 2.36. The van der Waals surface area contributed by atoms with Crippen LogP contribution >= 0.6 is 11.8 Å². The first kappa shape index (κ1) is 14.4. The van der Waals surface area contributed by atoms with Crippen molar-refractivity contribution < 1.29 is 19.4 Å². The van der Waals surface area contributed by atoms with Crippen molar-refractivity contribution in [2.75, 3.05) is 18.7 Å². The molecule has 0 aliphatic carbocycles. The first-order valence-corrected chi connectivity index (χ1v) is 6.53. The van der Waals surface area contributed by atoms with Gasteiger partial charge in [-0.25, -0.2) is 0 Å². The number of anilines is 1. The molecule has 18 heavy (non-hydrogen) atoms. The highest BCUT2D eigenvalue weighted by atomic mass is 32.2. The van der Waals surface area contributed by atoms with E-state index in [1.165, 1.54) is 7.11 Å². The molecule has 2 N–H and O–H groups in total. The van der Waals surface area contributed by atoms with E-state index < -0.39 is 5.97 Å². The quantitative estimate of drug-likeness (QED) is 0.774. The highest BCUT2D eigenvalue weighted by molar-refractivity contribution is 7.98. The van der Waals surface area contributed by atoms with Gasteiger partial charge in [0.15, 0.2) is 0 Å². The summed E-state index contributed by atoms with van der Waals surface area (Å²) in [6.07, 6.45) is 1.71. The number of carboxylic acids is 1. The summed E-state index contributed by atoms with van der Waals surface area (Å²) in [6, 6.07) is 5.42. The lowest BCUT2D eigenvalue weighted by Gasteiger charge is -2.10. The molecule has 6 heteroatoms. The maximum absolute atomic E-state index is 11.5. The van der Waals surface area contributed by atoms with Crippen molar-refractivity contribution in [3.63, 3.8) is 0 Å². The molecule has 0 aliphatic heterocycles. The molecule has 0 unspecified atom stereocenters. The Balaban J connectivity index is 2.71. The molecule has 1 rings (SSSR count). The van der Waals surface area contributed by atoms with Crippen LogP contribution in [0.15, 0.2) is 23.1 Å². The van der Waals surface area contributed by atoms with Gasteiger partial charge < -0.3 is 15.2 Å². The zero-order valence-corrected chi connectivity index (χ0v) is 11.0. The van der Waals surface area contributed by atoms with Gasteiger partial charge in [0.05, 0.1) is 19.2 Å². The van der Waals surface area contributed by atoms with Crippen LogP contribution in [-0.2, 0) is 9.59 Å². The van der Waals surface area contributed by atoms with Crippen LogP contribution in [0.3, 0.4) is 0 Å². The Morgan fingerprint density at radius 2 is 2.11 bits per heavy atom. The van der Waals surface area contributed by atoms with E-state index >= 15 is 0 Å². The minimum Gasteiger partial charge on any atom is -0.495 e. The summed E-state index contributed by atoms with van der Waals surface area (Å²) in [4.78, 5) is 22.9. The molecule has 98 valence electrons. The Morgan fingerprint density at radius 3 is 2.67 bits per heavy atom. The molecule has 1 amide bonds. The summed E-state index contributed by atoms with van der Waals surface area (Å²) in [7, 11) is 1.52. The minimum absolute atomic E-state index is 0.0528. The number of carbonyl (C=O) groups is 2. The number of hydrogen-bond donors (Lipinski definition) is 2. The second-order valence-electron chi connectivity index (χ2n) is 3.51. The molecule has 0 aliphatic rings. The fourth-order valence-corrected chi connectivity index (χ4v) is 1.76. The summed E-state index contributed by atoms with van der Waals surface area (Å²) in [5, 5.41) is 11.1. The van der Waals surface area contributed by atoms with Crippen molar-refractivity contribution in [3.05, 3.63) is 18.2 Å². The van der Waals surface area contributed by atoms with E-state index in [2.05, 4.69) is 5.32 Å². The summed E-state index contributed by atoms with van der Waals surface area (Å²) >= 11 is 1.57. The number of benzene rings is 1. The minimum atomic E-state index is -0.991. The third-order valence-electron chi connectivity index (χ3n) is 2.25.